The molecule has 0 aliphatic rings. The van der Waals surface area contributed by atoms with Crippen molar-refractivity contribution in [2.75, 3.05) is 6.54 Å². The molecule has 2 heterocycles. The third kappa shape index (κ3) is 2.38. The normalized spacial score (nSPS) is 10.9. The van der Waals surface area contributed by atoms with E-state index < -0.39 is 0 Å². The standard InChI is InChI=1S/C10H14N4OS/c1-3-8(15)11-5-4-9-13-14-6-7(2)12-10(14)16-9/h6H,3-5H2,1-2H3,(H,11,15). The summed E-state index contributed by atoms with van der Waals surface area (Å²) >= 11 is 1.57. The Morgan fingerprint density at radius 1 is 1.62 bits per heavy atom. The first-order valence-electron chi connectivity index (χ1n) is 5.27. The van der Waals surface area contributed by atoms with Crippen molar-refractivity contribution >= 4 is 22.2 Å². The molecule has 2 aromatic rings. The summed E-state index contributed by atoms with van der Waals surface area (Å²) in [6, 6.07) is 0. The van der Waals surface area contributed by atoms with Crippen LogP contribution in [0.5, 0.6) is 0 Å². The van der Waals surface area contributed by atoms with Crippen LogP contribution in [0, 0.1) is 6.92 Å². The summed E-state index contributed by atoms with van der Waals surface area (Å²) in [7, 11) is 0. The van der Waals surface area contributed by atoms with Gasteiger partial charge in [0.15, 0.2) is 0 Å². The van der Waals surface area contributed by atoms with E-state index in [-0.39, 0.29) is 5.91 Å². The molecule has 0 unspecified atom stereocenters. The Morgan fingerprint density at radius 2 is 2.44 bits per heavy atom. The van der Waals surface area contributed by atoms with Crippen LogP contribution in [-0.4, -0.2) is 27.0 Å². The molecule has 1 amide bonds. The molecule has 0 saturated carbocycles. The molecule has 6 heteroatoms. The topological polar surface area (TPSA) is 59.3 Å². The van der Waals surface area contributed by atoms with Crippen molar-refractivity contribution in [2.45, 2.75) is 26.7 Å². The van der Waals surface area contributed by atoms with Gasteiger partial charge in [-0.25, -0.2) is 9.50 Å². The van der Waals surface area contributed by atoms with Gasteiger partial charge in [-0.3, -0.25) is 4.79 Å². The number of aromatic nitrogens is 3. The highest BCUT2D eigenvalue weighted by molar-refractivity contribution is 7.16. The molecule has 0 spiro atoms. The van der Waals surface area contributed by atoms with E-state index in [1.165, 1.54) is 0 Å². The molecule has 1 N–H and O–H groups in total. The van der Waals surface area contributed by atoms with E-state index in [4.69, 9.17) is 0 Å². The molecular formula is C10H14N4OS. The van der Waals surface area contributed by atoms with Crippen molar-refractivity contribution in [3.05, 3.63) is 16.9 Å². The number of imidazole rings is 1. The number of hydrogen-bond donors (Lipinski definition) is 1. The number of carbonyl (C=O) groups is 1. The zero-order valence-corrected chi connectivity index (χ0v) is 10.2. The second-order valence-electron chi connectivity index (χ2n) is 3.56. The highest BCUT2D eigenvalue weighted by Gasteiger charge is 2.06. The fourth-order valence-corrected chi connectivity index (χ4v) is 2.31. The molecule has 0 aromatic carbocycles. The van der Waals surface area contributed by atoms with Crippen LogP contribution in [-0.2, 0) is 11.2 Å². The molecule has 2 rings (SSSR count). The minimum atomic E-state index is 0.0807. The van der Waals surface area contributed by atoms with Crippen molar-refractivity contribution in [2.24, 2.45) is 0 Å². The average Bonchev–Trinajstić information content (AvgIpc) is 2.74. The molecule has 0 fully saturated rings. The molecule has 0 aliphatic carbocycles. The number of fused-ring (bicyclic) bond motifs is 1. The summed E-state index contributed by atoms with van der Waals surface area (Å²) in [6.45, 7) is 4.43. The van der Waals surface area contributed by atoms with Gasteiger partial charge in [0.05, 0.1) is 11.9 Å². The van der Waals surface area contributed by atoms with Gasteiger partial charge in [0.2, 0.25) is 10.9 Å². The Hall–Kier alpha value is -1.43. The van der Waals surface area contributed by atoms with E-state index in [0.29, 0.717) is 13.0 Å². The van der Waals surface area contributed by atoms with Gasteiger partial charge in [0, 0.05) is 19.4 Å². The lowest BCUT2D eigenvalue weighted by molar-refractivity contribution is -0.120. The minimum absolute atomic E-state index is 0.0807. The van der Waals surface area contributed by atoms with Gasteiger partial charge in [-0.05, 0) is 6.92 Å². The SMILES string of the molecule is CCC(=O)NCCc1nn2cc(C)nc2s1. The fraction of sp³-hybridized carbons (Fsp3) is 0.500. The molecular weight excluding hydrogens is 224 g/mol. The molecule has 0 radical (unpaired) electrons. The summed E-state index contributed by atoms with van der Waals surface area (Å²) in [5.41, 5.74) is 0.976. The van der Waals surface area contributed by atoms with E-state index >= 15 is 0 Å². The van der Waals surface area contributed by atoms with Crippen LogP contribution in [0.1, 0.15) is 24.0 Å². The monoisotopic (exact) mass is 238 g/mol. The van der Waals surface area contributed by atoms with Gasteiger partial charge in [-0.2, -0.15) is 5.10 Å². The van der Waals surface area contributed by atoms with E-state index in [0.717, 1.165) is 22.1 Å². The Bertz CT molecular complexity index is 470. The van der Waals surface area contributed by atoms with Gasteiger partial charge >= 0.3 is 0 Å². The third-order valence-electron chi connectivity index (χ3n) is 2.19. The molecule has 0 saturated heterocycles. The van der Waals surface area contributed by atoms with E-state index in [9.17, 15) is 4.79 Å². The first-order chi connectivity index (χ1) is 7.69. The quantitative estimate of drug-likeness (QED) is 0.869. The Labute approximate surface area is 97.5 Å². The molecule has 0 aliphatic heterocycles. The van der Waals surface area contributed by atoms with Gasteiger partial charge in [0.1, 0.15) is 5.01 Å². The van der Waals surface area contributed by atoms with Crippen LogP contribution in [0.3, 0.4) is 0 Å². The molecule has 5 nitrogen and oxygen atoms in total. The van der Waals surface area contributed by atoms with Gasteiger partial charge in [0.25, 0.3) is 0 Å². The van der Waals surface area contributed by atoms with Crippen LogP contribution in [0.2, 0.25) is 0 Å². The number of carbonyl (C=O) groups excluding carboxylic acids is 1. The molecule has 0 bridgehead atoms. The largest absolute Gasteiger partial charge is 0.356 e. The number of nitrogens with zero attached hydrogens (tertiary/aromatic N) is 3. The number of amides is 1. The predicted molar refractivity (Wildman–Crippen MR) is 62.6 cm³/mol. The lowest BCUT2D eigenvalue weighted by Gasteiger charge is -1.99. The summed E-state index contributed by atoms with van der Waals surface area (Å²) in [5, 5.41) is 8.20. The highest BCUT2D eigenvalue weighted by Crippen LogP contribution is 2.14. The first kappa shape index (κ1) is 11.1. The second-order valence-corrected chi connectivity index (χ2v) is 4.60. The van der Waals surface area contributed by atoms with Crippen LogP contribution in [0.4, 0.5) is 0 Å². The van der Waals surface area contributed by atoms with Crippen molar-refractivity contribution in [3.8, 4) is 0 Å². The number of rotatable bonds is 4. The second kappa shape index (κ2) is 4.61. The van der Waals surface area contributed by atoms with Crippen LogP contribution >= 0.6 is 11.3 Å². The Balaban J connectivity index is 1.94. The zero-order valence-electron chi connectivity index (χ0n) is 9.36. The van der Waals surface area contributed by atoms with Crippen LogP contribution in [0.15, 0.2) is 6.20 Å². The van der Waals surface area contributed by atoms with Gasteiger partial charge in [-0.15, -0.1) is 0 Å². The van der Waals surface area contributed by atoms with Crippen molar-refractivity contribution in [1.82, 2.24) is 19.9 Å². The number of nitrogens with one attached hydrogen (secondary N) is 1. The average molecular weight is 238 g/mol. The Morgan fingerprint density at radius 3 is 3.12 bits per heavy atom. The van der Waals surface area contributed by atoms with Crippen LogP contribution in [0.25, 0.3) is 4.96 Å². The van der Waals surface area contributed by atoms with E-state index in [1.54, 1.807) is 15.9 Å². The maximum atomic E-state index is 11.0. The maximum absolute atomic E-state index is 11.0. The third-order valence-corrected chi connectivity index (χ3v) is 3.17. The van der Waals surface area contributed by atoms with E-state index in [2.05, 4.69) is 15.4 Å². The predicted octanol–water partition coefficient (Wildman–Crippen LogP) is 1.17. The zero-order chi connectivity index (χ0) is 11.5. The smallest absolute Gasteiger partial charge is 0.219 e. The summed E-state index contributed by atoms with van der Waals surface area (Å²) < 4.78 is 1.79. The summed E-state index contributed by atoms with van der Waals surface area (Å²) in [4.78, 5) is 16.3. The van der Waals surface area contributed by atoms with Crippen molar-refractivity contribution in [3.63, 3.8) is 0 Å². The summed E-state index contributed by atoms with van der Waals surface area (Å²) in [6.07, 6.45) is 3.19. The molecule has 0 atom stereocenters. The number of hydrogen-bond acceptors (Lipinski definition) is 4. The van der Waals surface area contributed by atoms with Gasteiger partial charge in [-0.1, -0.05) is 18.3 Å². The molecule has 2 aromatic heterocycles. The first-order valence-corrected chi connectivity index (χ1v) is 6.09. The van der Waals surface area contributed by atoms with Crippen molar-refractivity contribution < 1.29 is 4.79 Å². The molecule has 16 heavy (non-hydrogen) atoms. The Kier molecular flexibility index (Phi) is 3.19. The van der Waals surface area contributed by atoms with E-state index in [1.807, 2.05) is 20.0 Å². The highest BCUT2D eigenvalue weighted by atomic mass is 32.1. The molecule has 86 valence electrons. The fourth-order valence-electron chi connectivity index (χ4n) is 1.39. The summed E-state index contributed by atoms with van der Waals surface area (Å²) in [5.74, 6) is 0.0807. The van der Waals surface area contributed by atoms with Crippen molar-refractivity contribution in [1.29, 1.82) is 0 Å². The number of aryl methyl sites for hydroxylation is 1. The maximum Gasteiger partial charge on any atom is 0.219 e. The lowest BCUT2D eigenvalue weighted by atomic mass is 10.4. The van der Waals surface area contributed by atoms with Crippen LogP contribution < -0.4 is 5.32 Å². The lowest BCUT2D eigenvalue weighted by Crippen LogP contribution is -2.24. The van der Waals surface area contributed by atoms with Gasteiger partial charge < -0.3 is 5.32 Å². The minimum Gasteiger partial charge on any atom is -0.356 e.